The molecule has 1 atom stereocenters. The number of anilines is 1. The van der Waals surface area contributed by atoms with Crippen molar-refractivity contribution >= 4 is 11.6 Å². The summed E-state index contributed by atoms with van der Waals surface area (Å²) < 4.78 is 0. The van der Waals surface area contributed by atoms with Crippen LogP contribution in [0.5, 0.6) is 0 Å². The molecule has 0 radical (unpaired) electrons. The molecule has 1 amide bonds. The van der Waals surface area contributed by atoms with Gasteiger partial charge >= 0.3 is 0 Å². The van der Waals surface area contributed by atoms with Crippen LogP contribution in [0.15, 0.2) is 60.7 Å². The number of hydrogen-bond acceptors (Lipinski definition) is 1. The van der Waals surface area contributed by atoms with E-state index < -0.39 is 0 Å². The summed E-state index contributed by atoms with van der Waals surface area (Å²) in [6.45, 7) is 2.52. The van der Waals surface area contributed by atoms with Crippen LogP contribution in [0.25, 0.3) is 0 Å². The number of nitrogens with two attached hydrogens (primary N) is 1. The summed E-state index contributed by atoms with van der Waals surface area (Å²) in [4.78, 5) is 11.8. The number of nitrogens with one attached hydrogen (secondary N) is 1. The Hall–Kier alpha value is -2.13. The van der Waals surface area contributed by atoms with Crippen LogP contribution in [-0.2, 0) is 4.79 Å². The molecule has 2 aromatic carbocycles. The van der Waals surface area contributed by atoms with E-state index in [1.54, 1.807) is 0 Å². The van der Waals surface area contributed by atoms with Crippen LogP contribution < -0.4 is 10.6 Å². The molecular formula is C16H19N2O+. The van der Waals surface area contributed by atoms with Crippen LogP contribution in [0.4, 0.5) is 5.69 Å². The van der Waals surface area contributed by atoms with Crippen molar-refractivity contribution in [3.8, 4) is 0 Å². The first-order chi connectivity index (χ1) is 9.25. The summed E-state index contributed by atoms with van der Waals surface area (Å²) in [5.41, 5.74) is 2.07. The molecule has 0 spiro atoms. The van der Waals surface area contributed by atoms with Gasteiger partial charge in [0.1, 0.15) is 6.04 Å². The van der Waals surface area contributed by atoms with E-state index in [2.05, 4.69) is 24.4 Å². The second-order valence-electron chi connectivity index (χ2n) is 4.55. The molecule has 3 heteroatoms. The minimum atomic E-state index is 0.0222. The average Bonchev–Trinajstić information content (AvgIpc) is 2.47. The molecule has 0 fully saturated rings. The summed E-state index contributed by atoms with van der Waals surface area (Å²) in [7, 11) is 0. The SMILES string of the molecule is C[C@@H]([NH2+]CC(=O)Nc1ccccc1)c1ccccc1. The highest BCUT2D eigenvalue weighted by molar-refractivity contribution is 5.91. The molecule has 0 aliphatic heterocycles. The van der Waals surface area contributed by atoms with Crippen molar-refractivity contribution in [2.75, 3.05) is 11.9 Å². The molecule has 0 saturated carbocycles. The normalized spacial score (nSPS) is 11.8. The second-order valence-corrected chi connectivity index (χ2v) is 4.55. The van der Waals surface area contributed by atoms with Gasteiger partial charge in [-0.15, -0.1) is 0 Å². The third-order valence-corrected chi connectivity index (χ3v) is 3.04. The molecule has 98 valence electrons. The van der Waals surface area contributed by atoms with Crippen LogP contribution in [0.1, 0.15) is 18.5 Å². The van der Waals surface area contributed by atoms with Crippen LogP contribution in [0.3, 0.4) is 0 Å². The molecule has 0 aliphatic rings. The van der Waals surface area contributed by atoms with Crippen molar-refractivity contribution in [2.24, 2.45) is 0 Å². The number of amides is 1. The highest BCUT2D eigenvalue weighted by Crippen LogP contribution is 2.06. The molecule has 0 aromatic heterocycles. The van der Waals surface area contributed by atoms with Gasteiger partial charge in [0.25, 0.3) is 5.91 Å². The summed E-state index contributed by atoms with van der Waals surface area (Å²) in [5.74, 6) is 0.0222. The molecule has 0 unspecified atom stereocenters. The number of para-hydroxylation sites is 1. The van der Waals surface area contributed by atoms with E-state index in [1.165, 1.54) is 5.56 Å². The number of quaternary nitrogens is 1. The van der Waals surface area contributed by atoms with Gasteiger partial charge in [-0.25, -0.2) is 0 Å². The average molecular weight is 255 g/mol. The Balaban J connectivity index is 1.81. The zero-order valence-corrected chi connectivity index (χ0v) is 11.0. The van der Waals surface area contributed by atoms with Gasteiger partial charge in [-0.2, -0.15) is 0 Å². The lowest BCUT2D eigenvalue weighted by Gasteiger charge is -2.11. The van der Waals surface area contributed by atoms with E-state index in [-0.39, 0.29) is 11.9 Å². The number of carbonyl (C=O) groups is 1. The highest BCUT2D eigenvalue weighted by atomic mass is 16.1. The lowest BCUT2D eigenvalue weighted by Crippen LogP contribution is -2.86. The largest absolute Gasteiger partial charge is 0.333 e. The molecule has 0 saturated heterocycles. The fourth-order valence-electron chi connectivity index (χ4n) is 1.91. The Morgan fingerprint density at radius 2 is 1.63 bits per heavy atom. The van der Waals surface area contributed by atoms with Crippen molar-refractivity contribution in [3.05, 3.63) is 66.2 Å². The van der Waals surface area contributed by atoms with E-state index in [4.69, 9.17) is 0 Å². The highest BCUT2D eigenvalue weighted by Gasteiger charge is 2.10. The molecule has 2 rings (SSSR count). The topological polar surface area (TPSA) is 45.7 Å². The minimum absolute atomic E-state index is 0.0222. The molecule has 0 heterocycles. The standard InChI is InChI=1S/C16H18N2O/c1-13(14-8-4-2-5-9-14)17-12-16(19)18-15-10-6-3-7-11-15/h2-11,13,17H,12H2,1H3,(H,18,19)/p+1/t13-/m1/s1. The smallest absolute Gasteiger partial charge is 0.279 e. The zero-order valence-electron chi connectivity index (χ0n) is 11.0. The monoisotopic (exact) mass is 255 g/mol. The van der Waals surface area contributed by atoms with E-state index in [1.807, 2.05) is 53.8 Å². The molecule has 0 aliphatic carbocycles. The van der Waals surface area contributed by atoms with E-state index in [9.17, 15) is 4.79 Å². The lowest BCUT2D eigenvalue weighted by molar-refractivity contribution is -0.682. The van der Waals surface area contributed by atoms with Crippen molar-refractivity contribution < 1.29 is 10.1 Å². The Kier molecular flexibility index (Phi) is 4.70. The number of carbonyl (C=O) groups excluding carboxylic acids is 1. The fourth-order valence-corrected chi connectivity index (χ4v) is 1.91. The Morgan fingerprint density at radius 3 is 2.26 bits per heavy atom. The molecular weight excluding hydrogens is 236 g/mol. The van der Waals surface area contributed by atoms with Gasteiger partial charge < -0.3 is 10.6 Å². The summed E-state index contributed by atoms with van der Waals surface area (Å²) in [6, 6.07) is 20.0. The van der Waals surface area contributed by atoms with Gasteiger partial charge in [0.05, 0.1) is 0 Å². The summed E-state index contributed by atoms with van der Waals surface area (Å²) >= 11 is 0. The van der Waals surface area contributed by atoms with Crippen LogP contribution in [0, 0.1) is 0 Å². The second kappa shape index (κ2) is 6.71. The third kappa shape index (κ3) is 4.23. The van der Waals surface area contributed by atoms with Crippen molar-refractivity contribution in [1.29, 1.82) is 0 Å². The van der Waals surface area contributed by atoms with Gasteiger partial charge in [-0.3, -0.25) is 4.79 Å². The van der Waals surface area contributed by atoms with E-state index in [0.717, 1.165) is 5.69 Å². The first kappa shape index (κ1) is 13.3. The van der Waals surface area contributed by atoms with E-state index in [0.29, 0.717) is 6.54 Å². The van der Waals surface area contributed by atoms with Crippen LogP contribution in [0.2, 0.25) is 0 Å². The maximum atomic E-state index is 11.8. The van der Waals surface area contributed by atoms with Crippen molar-refractivity contribution in [2.45, 2.75) is 13.0 Å². The molecule has 3 nitrogen and oxygen atoms in total. The molecule has 0 bridgehead atoms. The van der Waals surface area contributed by atoms with Crippen LogP contribution in [-0.4, -0.2) is 12.5 Å². The third-order valence-electron chi connectivity index (χ3n) is 3.04. The van der Waals surface area contributed by atoms with Gasteiger partial charge in [0, 0.05) is 11.3 Å². The molecule has 19 heavy (non-hydrogen) atoms. The number of hydrogen-bond donors (Lipinski definition) is 2. The summed E-state index contributed by atoms with van der Waals surface area (Å²) in [6.07, 6.45) is 0. The molecule has 2 aromatic rings. The Labute approximate surface area is 113 Å². The van der Waals surface area contributed by atoms with Crippen molar-refractivity contribution in [3.63, 3.8) is 0 Å². The fraction of sp³-hybridized carbons (Fsp3) is 0.188. The van der Waals surface area contributed by atoms with Gasteiger partial charge in [-0.05, 0) is 19.1 Å². The van der Waals surface area contributed by atoms with E-state index >= 15 is 0 Å². The van der Waals surface area contributed by atoms with Gasteiger partial charge in [-0.1, -0.05) is 48.5 Å². The predicted octanol–water partition coefficient (Wildman–Crippen LogP) is 1.95. The van der Waals surface area contributed by atoms with Gasteiger partial charge in [0.15, 0.2) is 6.54 Å². The maximum Gasteiger partial charge on any atom is 0.279 e. The van der Waals surface area contributed by atoms with Gasteiger partial charge in [0.2, 0.25) is 0 Å². The Morgan fingerprint density at radius 1 is 1.05 bits per heavy atom. The minimum Gasteiger partial charge on any atom is -0.333 e. The first-order valence-electron chi connectivity index (χ1n) is 6.49. The number of rotatable bonds is 5. The zero-order chi connectivity index (χ0) is 13.5. The lowest BCUT2D eigenvalue weighted by atomic mass is 10.1. The molecule has 3 N–H and O–H groups in total. The maximum absolute atomic E-state index is 11.8. The first-order valence-corrected chi connectivity index (χ1v) is 6.49. The predicted molar refractivity (Wildman–Crippen MR) is 76.7 cm³/mol. The van der Waals surface area contributed by atoms with Crippen molar-refractivity contribution in [1.82, 2.24) is 0 Å². The number of benzene rings is 2. The summed E-state index contributed by atoms with van der Waals surface area (Å²) in [5, 5.41) is 4.91. The Bertz CT molecular complexity index is 511. The quantitative estimate of drug-likeness (QED) is 0.842. The van der Waals surface area contributed by atoms with Crippen LogP contribution >= 0.6 is 0 Å².